The van der Waals surface area contributed by atoms with Crippen molar-refractivity contribution in [2.45, 2.75) is 13.8 Å². The first-order chi connectivity index (χ1) is 11.9. The maximum atomic E-state index is 12.0. The van der Waals surface area contributed by atoms with E-state index in [-0.39, 0.29) is 12.2 Å². The highest BCUT2D eigenvalue weighted by molar-refractivity contribution is 9.10. The summed E-state index contributed by atoms with van der Waals surface area (Å²) in [6.45, 7) is 3.61. The number of benzene rings is 1. The largest absolute Gasteiger partial charge is 0.490 e. The Morgan fingerprint density at radius 2 is 1.96 bits per heavy atom. The van der Waals surface area contributed by atoms with Gasteiger partial charge in [-0.3, -0.25) is 9.59 Å². The number of nitrogens with two attached hydrogens (primary N) is 1. The molecule has 1 aromatic heterocycles. The SMILES string of the molecule is CCOc1cc(-c2cc(C)[nH]c(=O)c2C#N)c(Br)cc1OCC(N)=O. The fourth-order valence-corrected chi connectivity index (χ4v) is 2.82. The van der Waals surface area contributed by atoms with Crippen molar-refractivity contribution in [3.05, 3.63) is 44.3 Å². The number of nitrogens with one attached hydrogen (secondary N) is 1. The van der Waals surface area contributed by atoms with E-state index in [1.165, 1.54) is 0 Å². The Morgan fingerprint density at radius 3 is 2.56 bits per heavy atom. The highest BCUT2D eigenvalue weighted by atomic mass is 79.9. The van der Waals surface area contributed by atoms with Gasteiger partial charge in [-0.15, -0.1) is 0 Å². The molecule has 1 heterocycles. The third-order valence-electron chi connectivity index (χ3n) is 3.27. The molecule has 0 radical (unpaired) electrons. The van der Waals surface area contributed by atoms with Gasteiger partial charge in [0.15, 0.2) is 18.1 Å². The summed E-state index contributed by atoms with van der Waals surface area (Å²) < 4.78 is 11.5. The summed E-state index contributed by atoms with van der Waals surface area (Å²) in [6.07, 6.45) is 0. The normalized spacial score (nSPS) is 10.2. The van der Waals surface area contributed by atoms with Crippen molar-refractivity contribution in [2.75, 3.05) is 13.2 Å². The van der Waals surface area contributed by atoms with E-state index in [0.717, 1.165) is 0 Å². The number of nitrogens with zero attached hydrogens (tertiary/aromatic N) is 1. The van der Waals surface area contributed by atoms with E-state index >= 15 is 0 Å². The van der Waals surface area contributed by atoms with Crippen molar-refractivity contribution >= 4 is 21.8 Å². The summed E-state index contributed by atoms with van der Waals surface area (Å²) in [5.41, 5.74) is 6.33. The van der Waals surface area contributed by atoms with Crippen LogP contribution >= 0.6 is 15.9 Å². The van der Waals surface area contributed by atoms with Crippen LogP contribution in [0.1, 0.15) is 18.2 Å². The fourth-order valence-electron chi connectivity index (χ4n) is 2.28. The molecule has 0 saturated carbocycles. The predicted octanol–water partition coefficient (Wildman–Crippen LogP) is 2.25. The van der Waals surface area contributed by atoms with Gasteiger partial charge in [0.2, 0.25) is 0 Å². The Bertz CT molecular complexity index is 915. The standard InChI is InChI=1S/C17H16BrN3O4/c1-3-24-14-5-11(13(18)6-15(14)25-8-16(20)22)10-4-9(2)21-17(23)12(10)7-19/h4-6H,3,8H2,1-2H3,(H2,20,22)(H,21,23). The number of primary amides is 1. The molecule has 0 unspecified atom stereocenters. The van der Waals surface area contributed by atoms with Crippen LogP contribution in [-0.4, -0.2) is 24.1 Å². The van der Waals surface area contributed by atoms with Crippen LogP contribution in [0.15, 0.2) is 27.5 Å². The molecule has 0 aliphatic carbocycles. The van der Waals surface area contributed by atoms with Crippen LogP contribution in [0.5, 0.6) is 11.5 Å². The van der Waals surface area contributed by atoms with Gasteiger partial charge in [0.25, 0.3) is 11.5 Å². The summed E-state index contributed by atoms with van der Waals surface area (Å²) in [6, 6.07) is 6.90. The fraction of sp³-hybridized carbons (Fsp3) is 0.235. The van der Waals surface area contributed by atoms with Gasteiger partial charge in [0.1, 0.15) is 11.6 Å². The topological polar surface area (TPSA) is 118 Å². The number of hydrogen-bond donors (Lipinski definition) is 2. The zero-order valence-electron chi connectivity index (χ0n) is 13.7. The second kappa shape index (κ2) is 7.85. The molecule has 2 rings (SSSR count). The number of aryl methyl sites for hydroxylation is 1. The van der Waals surface area contributed by atoms with Gasteiger partial charge in [0.05, 0.1) is 6.61 Å². The summed E-state index contributed by atoms with van der Waals surface area (Å²) >= 11 is 3.42. The van der Waals surface area contributed by atoms with Crippen LogP contribution in [0, 0.1) is 18.3 Å². The first kappa shape index (κ1) is 18.5. The minimum absolute atomic E-state index is 0.000414. The van der Waals surface area contributed by atoms with Gasteiger partial charge in [-0.1, -0.05) is 15.9 Å². The lowest BCUT2D eigenvalue weighted by Gasteiger charge is -2.15. The Balaban J connectivity index is 2.64. The minimum atomic E-state index is -0.611. The zero-order valence-corrected chi connectivity index (χ0v) is 15.3. The van der Waals surface area contributed by atoms with Crippen molar-refractivity contribution in [3.8, 4) is 28.7 Å². The molecule has 0 saturated heterocycles. The zero-order chi connectivity index (χ0) is 18.6. The number of H-pyrrole nitrogens is 1. The molecule has 0 aliphatic rings. The molecule has 130 valence electrons. The molecule has 1 aromatic carbocycles. The van der Waals surface area contributed by atoms with Crippen LogP contribution < -0.4 is 20.8 Å². The molecular weight excluding hydrogens is 390 g/mol. The maximum Gasteiger partial charge on any atom is 0.266 e. The first-order valence-electron chi connectivity index (χ1n) is 7.39. The number of carbonyl (C=O) groups is 1. The number of rotatable bonds is 6. The van der Waals surface area contributed by atoms with Gasteiger partial charge < -0.3 is 20.2 Å². The van der Waals surface area contributed by atoms with E-state index in [0.29, 0.717) is 39.4 Å². The van der Waals surface area contributed by atoms with Crippen LogP contribution in [0.25, 0.3) is 11.1 Å². The van der Waals surface area contributed by atoms with Crippen LogP contribution in [0.4, 0.5) is 0 Å². The smallest absolute Gasteiger partial charge is 0.266 e. The molecule has 2 aromatic rings. The van der Waals surface area contributed by atoms with Crippen LogP contribution in [0.3, 0.4) is 0 Å². The predicted molar refractivity (Wildman–Crippen MR) is 95.5 cm³/mol. The second-order valence-corrected chi connectivity index (χ2v) is 6.00. The molecular formula is C17H16BrN3O4. The minimum Gasteiger partial charge on any atom is -0.490 e. The van der Waals surface area contributed by atoms with Gasteiger partial charge in [-0.25, -0.2) is 0 Å². The Labute approximate surface area is 152 Å². The number of halogens is 1. The number of amides is 1. The van der Waals surface area contributed by atoms with E-state index in [4.69, 9.17) is 15.2 Å². The molecule has 3 N–H and O–H groups in total. The number of aromatic nitrogens is 1. The maximum absolute atomic E-state index is 12.0. The number of ether oxygens (including phenoxy) is 2. The quantitative estimate of drug-likeness (QED) is 0.763. The molecule has 25 heavy (non-hydrogen) atoms. The summed E-state index contributed by atoms with van der Waals surface area (Å²) in [5, 5.41) is 9.32. The Kier molecular flexibility index (Phi) is 5.83. The average Bonchev–Trinajstić information content (AvgIpc) is 2.54. The lowest BCUT2D eigenvalue weighted by molar-refractivity contribution is -0.119. The van der Waals surface area contributed by atoms with Crippen LogP contribution in [-0.2, 0) is 4.79 Å². The average molecular weight is 406 g/mol. The number of pyridine rings is 1. The highest BCUT2D eigenvalue weighted by Gasteiger charge is 2.17. The Morgan fingerprint density at radius 1 is 1.28 bits per heavy atom. The van der Waals surface area contributed by atoms with Crippen molar-refractivity contribution in [1.29, 1.82) is 5.26 Å². The van der Waals surface area contributed by atoms with Crippen molar-refractivity contribution in [1.82, 2.24) is 4.98 Å². The number of aromatic amines is 1. The van der Waals surface area contributed by atoms with E-state index < -0.39 is 11.5 Å². The second-order valence-electron chi connectivity index (χ2n) is 5.15. The lowest BCUT2D eigenvalue weighted by Crippen LogP contribution is -2.20. The summed E-state index contributed by atoms with van der Waals surface area (Å²) in [4.78, 5) is 25.6. The molecule has 0 aliphatic heterocycles. The molecule has 0 spiro atoms. The van der Waals surface area contributed by atoms with Crippen molar-refractivity contribution in [3.63, 3.8) is 0 Å². The van der Waals surface area contributed by atoms with E-state index in [1.807, 2.05) is 6.07 Å². The number of nitriles is 1. The monoisotopic (exact) mass is 405 g/mol. The van der Waals surface area contributed by atoms with E-state index in [2.05, 4.69) is 20.9 Å². The lowest BCUT2D eigenvalue weighted by atomic mass is 10.0. The third kappa shape index (κ3) is 4.19. The van der Waals surface area contributed by atoms with Gasteiger partial charge >= 0.3 is 0 Å². The van der Waals surface area contributed by atoms with Gasteiger partial charge in [-0.05, 0) is 32.0 Å². The molecule has 8 heteroatoms. The molecule has 0 bridgehead atoms. The Hall–Kier alpha value is -2.79. The van der Waals surface area contributed by atoms with Crippen LogP contribution in [0.2, 0.25) is 0 Å². The first-order valence-corrected chi connectivity index (χ1v) is 8.18. The molecule has 1 amide bonds. The van der Waals surface area contributed by atoms with Crippen molar-refractivity contribution in [2.24, 2.45) is 5.73 Å². The number of hydrogen-bond acceptors (Lipinski definition) is 5. The van der Waals surface area contributed by atoms with Crippen molar-refractivity contribution < 1.29 is 14.3 Å². The summed E-state index contributed by atoms with van der Waals surface area (Å²) in [5.74, 6) is 0.0970. The molecule has 0 fully saturated rings. The van der Waals surface area contributed by atoms with Gasteiger partial charge in [-0.2, -0.15) is 5.26 Å². The van der Waals surface area contributed by atoms with E-state index in [1.54, 1.807) is 32.0 Å². The van der Waals surface area contributed by atoms with E-state index in [9.17, 15) is 14.9 Å². The number of carbonyl (C=O) groups excluding carboxylic acids is 1. The highest BCUT2D eigenvalue weighted by Crippen LogP contribution is 2.39. The molecule has 7 nitrogen and oxygen atoms in total. The third-order valence-corrected chi connectivity index (χ3v) is 3.93. The van der Waals surface area contributed by atoms with Gasteiger partial charge in [0, 0.05) is 21.3 Å². The molecule has 0 atom stereocenters. The summed E-state index contributed by atoms with van der Waals surface area (Å²) in [7, 11) is 0.